The van der Waals surface area contributed by atoms with Crippen molar-refractivity contribution >= 4 is 45.5 Å². The van der Waals surface area contributed by atoms with Crippen LogP contribution < -0.4 is 24.8 Å². The monoisotopic (exact) mass is 974 g/mol. The lowest BCUT2D eigenvalue weighted by Gasteiger charge is -2.33. The number of aromatic nitrogens is 1. The molecule has 368 valence electrons. The summed E-state index contributed by atoms with van der Waals surface area (Å²) in [6, 6.07) is 8.98. The number of nitrogens with one attached hydrogen (secondary N) is 2. The summed E-state index contributed by atoms with van der Waals surface area (Å²) in [4.78, 5) is 58.3. The van der Waals surface area contributed by atoms with Gasteiger partial charge in [0, 0.05) is 18.0 Å². The molecule has 0 unspecified atom stereocenters. The van der Waals surface area contributed by atoms with Crippen molar-refractivity contribution in [1.82, 2.24) is 19.9 Å². The third kappa shape index (κ3) is 14.9. The lowest BCUT2D eigenvalue weighted by molar-refractivity contribution is -0.164. The third-order valence-corrected chi connectivity index (χ3v) is 13.3. The average Bonchev–Trinajstić information content (AvgIpc) is 4.07. The van der Waals surface area contributed by atoms with E-state index in [1.54, 1.807) is 45.0 Å². The Balaban J connectivity index is 1.29. The molecule has 0 spiro atoms. The van der Waals surface area contributed by atoms with Gasteiger partial charge in [-0.3, -0.25) is 0 Å². The molecule has 19 nitrogen and oxygen atoms in total. The lowest BCUT2D eigenvalue weighted by Crippen LogP contribution is -2.53. The molecule has 2 N–H and O–H groups in total. The van der Waals surface area contributed by atoms with E-state index in [9.17, 15) is 27.6 Å². The predicted octanol–water partition coefficient (Wildman–Crippen LogP) is 5.90. The summed E-state index contributed by atoms with van der Waals surface area (Å²) in [7, 11) is -4.34. The van der Waals surface area contributed by atoms with Crippen LogP contribution in [0.5, 0.6) is 17.2 Å². The first kappa shape index (κ1) is 51.2. The second kappa shape index (κ2) is 22.7. The standard InChI is InChI=1S/C46H62N4O15S2/c1-27(2)17-36(49-45(54)65-46(6,7)8)42(52)59-24-41(51)63-39(21-50(20-28(3)4)67(55,56)33-13-14-37-38(19-33)62-26-61-37)35(48-44(53)64-40-23-60-43-34(40)15-16-57-43)18-30-9-11-32(12-10-30)58-22-31-25-66-29(5)47-31/h9-14,19,25,27-28,34-36,39-40,43H,15-18,20-24,26H2,1-8H3,(H,48,53)(H,49,54)/t34-,35-,36-,39+,40-,43+/m0/s1. The molecule has 2 amide bonds. The summed E-state index contributed by atoms with van der Waals surface area (Å²) >= 11 is 1.52. The molecule has 2 saturated heterocycles. The molecule has 0 saturated carbocycles. The molecule has 3 aliphatic rings. The van der Waals surface area contributed by atoms with Crippen LogP contribution in [0.2, 0.25) is 0 Å². The molecule has 0 aliphatic carbocycles. The molecule has 3 aliphatic heterocycles. The number of thiazole rings is 1. The number of alkyl carbamates (subject to hydrolysis) is 2. The zero-order chi connectivity index (χ0) is 48.5. The molecule has 67 heavy (non-hydrogen) atoms. The number of hydrogen-bond donors (Lipinski definition) is 2. The van der Waals surface area contributed by atoms with Gasteiger partial charge in [-0.15, -0.1) is 11.3 Å². The zero-order valence-corrected chi connectivity index (χ0v) is 40.8. The maximum Gasteiger partial charge on any atom is 0.408 e. The highest BCUT2D eigenvalue weighted by Gasteiger charge is 2.44. The minimum absolute atomic E-state index is 0.00455. The number of carbonyl (C=O) groups is 4. The number of rotatable bonds is 21. The van der Waals surface area contributed by atoms with Crippen LogP contribution in [-0.2, 0) is 61.1 Å². The largest absolute Gasteiger partial charge is 0.487 e. The number of fused-ring (bicyclic) bond motifs is 2. The maximum atomic E-state index is 14.6. The summed E-state index contributed by atoms with van der Waals surface area (Å²) in [5.41, 5.74) is 0.590. The summed E-state index contributed by atoms with van der Waals surface area (Å²) in [6.07, 6.45) is -3.48. The molecule has 1 aromatic heterocycles. The number of esters is 2. The van der Waals surface area contributed by atoms with Gasteiger partial charge in [-0.2, -0.15) is 4.31 Å². The molecular weight excluding hydrogens is 913 g/mol. The lowest BCUT2D eigenvalue weighted by atomic mass is 10.0. The molecule has 2 fully saturated rings. The van der Waals surface area contributed by atoms with Crippen LogP contribution in [-0.4, -0.2) is 118 Å². The van der Waals surface area contributed by atoms with Crippen molar-refractivity contribution in [1.29, 1.82) is 0 Å². The summed E-state index contributed by atoms with van der Waals surface area (Å²) in [5, 5.41) is 8.23. The van der Waals surface area contributed by atoms with Gasteiger partial charge in [0.15, 0.2) is 24.4 Å². The van der Waals surface area contributed by atoms with Crippen LogP contribution in [0.3, 0.4) is 0 Å². The number of carbonyl (C=O) groups excluding carboxylic acids is 4. The highest BCUT2D eigenvalue weighted by molar-refractivity contribution is 7.89. The van der Waals surface area contributed by atoms with Crippen LogP contribution in [0.4, 0.5) is 9.59 Å². The number of ether oxygens (including phenoxy) is 9. The Morgan fingerprint density at radius 3 is 2.37 bits per heavy atom. The average molecular weight is 975 g/mol. The van der Waals surface area contributed by atoms with E-state index in [0.717, 1.165) is 10.7 Å². The maximum absolute atomic E-state index is 14.6. The first-order valence-electron chi connectivity index (χ1n) is 22.3. The Labute approximate surface area is 395 Å². The van der Waals surface area contributed by atoms with Gasteiger partial charge in [-0.05, 0) is 88.6 Å². The van der Waals surface area contributed by atoms with E-state index in [4.69, 9.17) is 42.6 Å². The molecule has 2 aromatic carbocycles. The second-order valence-electron chi connectivity index (χ2n) is 18.4. The quantitative estimate of drug-likeness (QED) is 0.0936. The number of nitrogens with zero attached hydrogens (tertiary/aromatic N) is 2. The van der Waals surface area contributed by atoms with E-state index >= 15 is 0 Å². The Morgan fingerprint density at radius 2 is 1.69 bits per heavy atom. The van der Waals surface area contributed by atoms with E-state index in [1.165, 1.54) is 33.8 Å². The van der Waals surface area contributed by atoms with Gasteiger partial charge in [0.25, 0.3) is 0 Å². The Morgan fingerprint density at radius 1 is 0.940 bits per heavy atom. The smallest absolute Gasteiger partial charge is 0.408 e. The highest BCUT2D eigenvalue weighted by atomic mass is 32.2. The molecule has 4 heterocycles. The Hall–Kier alpha value is -5.22. The van der Waals surface area contributed by atoms with Crippen LogP contribution in [0.15, 0.2) is 52.7 Å². The van der Waals surface area contributed by atoms with E-state index < -0.39 is 83.5 Å². The van der Waals surface area contributed by atoms with E-state index in [1.807, 2.05) is 40.0 Å². The number of hydrogen-bond acceptors (Lipinski definition) is 17. The van der Waals surface area contributed by atoms with Crippen molar-refractivity contribution in [2.45, 2.75) is 122 Å². The Bertz CT molecular complexity index is 2280. The van der Waals surface area contributed by atoms with Crippen molar-refractivity contribution in [3.05, 3.63) is 64.1 Å². The van der Waals surface area contributed by atoms with Crippen LogP contribution in [0, 0.1) is 24.7 Å². The van der Waals surface area contributed by atoms with Crippen molar-refractivity contribution in [2.75, 3.05) is 39.7 Å². The second-order valence-corrected chi connectivity index (χ2v) is 21.4. The Kier molecular flexibility index (Phi) is 17.4. The molecule has 0 bridgehead atoms. The normalized spacial score (nSPS) is 19.1. The summed E-state index contributed by atoms with van der Waals surface area (Å²) < 4.78 is 81.3. The van der Waals surface area contributed by atoms with Crippen LogP contribution >= 0.6 is 11.3 Å². The van der Waals surface area contributed by atoms with Gasteiger partial charge >= 0.3 is 24.1 Å². The third-order valence-electron chi connectivity index (χ3n) is 10.7. The highest BCUT2D eigenvalue weighted by Crippen LogP contribution is 2.36. The van der Waals surface area contributed by atoms with Gasteiger partial charge in [-0.25, -0.2) is 32.6 Å². The fraction of sp³-hybridized carbons (Fsp3) is 0.587. The topological polar surface area (TPSA) is 226 Å². The molecule has 6 atom stereocenters. The molecule has 0 radical (unpaired) electrons. The molecular formula is C46H62N4O15S2. The van der Waals surface area contributed by atoms with Gasteiger partial charge in [-0.1, -0.05) is 39.8 Å². The van der Waals surface area contributed by atoms with E-state index in [2.05, 4.69) is 15.6 Å². The number of sulfonamides is 1. The van der Waals surface area contributed by atoms with Gasteiger partial charge in [0.2, 0.25) is 16.8 Å². The fourth-order valence-electron chi connectivity index (χ4n) is 7.63. The van der Waals surface area contributed by atoms with Crippen molar-refractivity contribution < 1.29 is 70.2 Å². The van der Waals surface area contributed by atoms with Crippen molar-refractivity contribution in [2.24, 2.45) is 17.8 Å². The van der Waals surface area contributed by atoms with Gasteiger partial charge < -0.3 is 53.3 Å². The van der Waals surface area contributed by atoms with E-state index in [0.29, 0.717) is 30.1 Å². The SMILES string of the molecule is Cc1nc(COc2ccc(C[C@H](NC(=O)O[C@H]3CO[C@H]4OCC[C@H]43)[C@@H](CN(CC(C)C)S(=O)(=O)c3ccc4c(c3)OCO4)OC(=O)COC(=O)[C@H](CC(C)C)NC(=O)OC(C)(C)C)cc2)cs1. The van der Waals surface area contributed by atoms with E-state index in [-0.39, 0.29) is 67.8 Å². The van der Waals surface area contributed by atoms with Crippen LogP contribution in [0.1, 0.15) is 77.6 Å². The number of amides is 2. The first-order valence-corrected chi connectivity index (χ1v) is 24.6. The molecule has 6 rings (SSSR count). The summed E-state index contributed by atoms with van der Waals surface area (Å²) in [5.74, 6) is -1.28. The zero-order valence-electron chi connectivity index (χ0n) is 39.1. The van der Waals surface area contributed by atoms with Gasteiger partial charge in [0.05, 0.1) is 47.3 Å². The van der Waals surface area contributed by atoms with Crippen LogP contribution in [0.25, 0.3) is 0 Å². The molecule has 3 aromatic rings. The number of benzene rings is 2. The minimum atomic E-state index is -4.34. The van der Waals surface area contributed by atoms with Crippen molar-refractivity contribution in [3.8, 4) is 17.2 Å². The molecule has 21 heteroatoms. The van der Waals surface area contributed by atoms with Gasteiger partial charge in [0.1, 0.15) is 36.2 Å². The summed E-state index contributed by atoms with van der Waals surface area (Å²) in [6.45, 7) is 13.6. The minimum Gasteiger partial charge on any atom is -0.487 e. The van der Waals surface area contributed by atoms with Crippen molar-refractivity contribution in [3.63, 3.8) is 0 Å². The predicted molar refractivity (Wildman–Crippen MR) is 242 cm³/mol. The number of aryl methyl sites for hydroxylation is 1. The fourth-order valence-corrected chi connectivity index (χ4v) is 9.86. The first-order chi connectivity index (χ1) is 31.7.